The zero-order chi connectivity index (χ0) is 27.9. The van der Waals surface area contributed by atoms with Gasteiger partial charge in [0.2, 0.25) is 0 Å². The second kappa shape index (κ2) is 12.6. The van der Waals surface area contributed by atoms with Gasteiger partial charge in [0.1, 0.15) is 36.2 Å². The first-order valence-corrected chi connectivity index (χ1v) is 13.6. The monoisotopic (exact) mass is 532 g/mol. The third kappa shape index (κ3) is 5.62. The number of fused-ring (bicyclic) bond motifs is 8. The van der Waals surface area contributed by atoms with Crippen molar-refractivity contribution in [3.05, 3.63) is 143 Å². The standard InChI is InChI=1S/C36H36O4/c1-5-19-39-35-29-15-9-16-30(35)22-26-12-8-14-28(34(26)38-4)24-32-18-10-17-31(36(32)40-20-6-2)23-27-13-7-11-25(21-29)33(27)37-3/h5-18H,1-2,19-24H2,3-4H3. The van der Waals surface area contributed by atoms with Crippen molar-refractivity contribution < 1.29 is 18.9 Å². The van der Waals surface area contributed by atoms with Gasteiger partial charge in [-0.3, -0.25) is 0 Å². The molecule has 0 N–H and O–H groups in total. The number of rotatable bonds is 8. The van der Waals surface area contributed by atoms with Gasteiger partial charge in [0.15, 0.2) is 0 Å². The lowest BCUT2D eigenvalue weighted by Gasteiger charge is -2.21. The smallest absolute Gasteiger partial charge is 0.126 e. The van der Waals surface area contributed by atoms with Gasteiger partial charge in [0.05, 0.1) is 14.2 Å². The van der Waals surface area contributed by atoms with Crippen LogP contribution in [0.1, 0.15) is 44.5 Å². The van der Waals surface area contributed by atoms with Crippen molar-refractivity contribution >= 4 is 0 Å². The minimum atomic E-state index is 0.431. The fraction of sp³-hybridized carbons (Fsp3) is 0.222. The lowest BCUT2D eigenvalue weighted by Crippen LogP contribution is -2.08. The van der Waals surface area contributed by atoms with Crippen molar-refractivity contribution in [3.63, 3.8) is 0 Å². The Kier molecular flexibility index (Phi) is 8.56. The Labute approximate surface area is 237 Å². The maximum absolute atomic E-state index is 6.32. The molecular formula is C36H36O4. The van der Waals surface area contributed by atoms with Crippen LogP contribution >= 0.6 is 0 Å². The van der Waals surface area contributed by atoms with Gasteiger partial charge in [-0.05, 0) is 44.5 Å². The van der Waals surface area contributed by atoms with Crippen molar-refractivity contribution in [2.45, 2.75) is 25.7 Å². The third-order valence-corrected chi connectivity index (χ3v) is 7.34. The number of ether oxygens (including phenoxy) is 4. The zero-order valence-electron chi connectivity index (χ0n) is 23.4. The first-order chi connectivity index (χ1) is 19.7. The summed E-state index contributed by atoms with van der Waals surface area (Å²) in [5.74, 6) is 3.56. The third-order valence-electron chi connectivity index (χ3n) is 7.34. The fourth-order valence-electron chi connectivity index (χ4n) is 5.67. The van der Waals surface area contributed by atoms with Crippen LogP contribution in [0.4, 0.5) is 0 Å². The molecule has 4 aromatic rings. The molecule has 0 fully saturated rings. The lowest BCUT2D eigenvalue weighted by molar-refractivity contribution is 0.354. The SMILES string of the molecule is C=CCOc1c2cccc1Cc1cccc(c1OC)Cc1cccc(c1OCC=C)Cc1cccc(c1OC)C2. The molecular weight excluding hydrogens is 496 g/mol. The molecule has 0 heterocycles. The molecule has 8 bridgehead atoms. The van der Waals surface area contributed by atoms with E-state index in [1.54, 1.807) is 26.4 Å². The van der Waals surface area contributed by atoms with Gasteiger partial charge in [-0.2, -0.15) is 0 Å². The second-order valence-corrected chi connectivity index (χ2v) is 9.94. The van der Waals surface area contributed by atoms with E-state index in [0.717, 1.165) is 67.5 Å². The maximum Gasteiger partial charge on any atom is 0.126 e. The summed E-state index contributed by atoms with van der Waals surface area (Å²) >= 11 is 0. The molecule has 4 aromatic carbocycles. The lowest BCUT2D eigenvalue weighted by atomic mass is 9.91. The van der Waals surface area contributed by atoms with Crippen LogP contribution in [-0.2, 0) is 25.7 Å². The van der Waals surface area contributed by atoms with Gasteiger partial charge in [0.25, 0.3) is 0 Å². The Hall–Kier alpha value is -4.44. The second-order valence-electron chi connectivity index (χ2n) is 9.94. The van der Waals surface area contributed by atoms with Crippen LogP contribution in [-0.4, -0.2) is 27.4 Å². The molecule has 0 radical (unpaired) electrons. The Bertz CT molecular complexity index is 1320. The van der Waals surface area contributed by atoms with E-state index >= 15 is 0 Å². The highest BCUT2D eigenvalue weighted by Gasteiger charge is 2.20. The van der Waals surface area contributed by atoms with E-state index in [1.807, 2.05) is 0 Å². The predicted molar refractivity (Wildman–Crippen MR) is 161 cm³/mol. The Balaban J connectivity index is 1.75. The molecule has 40 heavy (non-hydrogen) atoms. The molecule has 1 aliphatic carbocycles. The van der Waals surface area contributed by atoms with Crippen molar-refractivity contribution in [3.8, 4) is 23.0 Å². The van der Waals surface area contributed by atoms with E-state index in [4.69, 9.17) is 18.9 Å². The minimum absolute atomic E-state index is 0.431. The van der Waals surface area contributed by atoms with Gasteiger partial charge in [-0.25, -0.2) is 0 Å². The summed E-state index contributed by atoms with van der Waals surface area (Å²) in [6, 6.07) is 25.5. The van der Waals surface area contributed by atoms with Crippen LogP contribution in [0.15, 0.2) is 98.1 Å². The fourth-order valence-corrected chi connectivity index (χ4v) is 5.67. The highest BCUT2D eigenvalue weighted by Crippen LogP contribution is 2.38. The summed E-state index contributed by atoms with van der Waals surface area (Å²) in [4.78, 5) is 0. The number of hydrogen-bond donors (Lipinski definition) is 0. The van der Waals surface area contributed by atoms with E-state index in [0.29, 0.717) is 38.9 Å². The summed E-state index contributed by atoms with van der Waals surface area (Å²) in [5, 5.41) is 0. The van der Waals surface area contributed by atoms with E-state index in [2.05, 4.69) is 86.0 Å². The summed E-state index contributed by atoms with van der Waals surface area (Å²) in [6.45, 7) is 8.61. The maximum atomic E-state index is 6.32. The average molecular weight is 533 g/mol. The van der Waals surface area contributed by atoms with E-state index in [9.17, 15) is 0 Å². The zero-order valence-corrected chi connectivity index (χ0v) is 23.4. The van der Waals surface area contributed by atoms with E-state index in [1.165, 1.54) is 0 Å². The number of benzene rings is 4. The molecule has 0 amide bonds. The van der Waals surface area contributed by atoms with Crippen molar-refractivity contribution in [2.75, 3.05) is 27.4 Å². The first kappa shape index (κ1) is 27.1. The summed E-state index contributed by atoms with van der Waals surface area (Å²) in [6.07, 6.45) is 6.27. The Morgan fingerprint density at radius 3 is 0.950 bits per heavy atom. The molecule has 5 rings (SSSR count). The van der Waals surface area contributed by atoms with Crippen molar-refractivity contribution in [1.29, 1.82) is 0 Å². The minimum Gasteiger partial charge on any atom is -0.496 e. The highest BCUT2D eigenvalue weighted by molar-refractivity contribution is 5.55. The quantitative estimate of drug-likeness (QED) is 0.194. The summed E-state index contributed by atoms with van der Waals surface area (Å²) < 4.78 is 24.7. The largest absolute Gasteiger partial charge is 0.496 e. The number of para-hydroxylation sites is 4. The number of methoxy groups -OCH3 is 2. The normalized spacial score (nSPS) is 12.2. The van der Waals surface area contributed by atoms with E-state index in [-0.39, 0.29) is 0 Å². The van der Waals surface area contributed by atoms with Crippen LogP contribution < -0.4 is 18.9 Å². The van der Waals surface area contributed by atoms with Gasteiger partial charge >= 0.3 is 0 Å². The highest BCUT2D eigenvalue weighted by atomic mass is 16.5. The molecule has 204 valence electrons. The Morgan fingerprint density at radius 1 is 0.475 bits per heavy atom. The predicted octanol–water partition coefficient (Wildman–Crippen LogP) is 7.51. The molecule has 0 saturated heterocycles. The van der Waals surface area contributed by atoms with Crippen LogP contribution in [0.25, 0.3) is 0 Å². The molecule has 4 heteroatoms. The van der Waals surface area contributed by atoms with Crippen molar-refractivity contribution in [1.82, 2.24) is 0 Å². The molecule has 0 aromatic heterocycles. The van der Waals surface area contributed by atoms with E-state index < -0.39 is 0 Å². The molecule has 0 spiro atoms. The molecule has 0 aliphatic heterocycles. The van der Waals surface area contributed by atoms with Crippen LogP contribution in [0, 0.1) is 0 Å². The first-order valence-electron chi connectivity index (χ1n) is 13.6. The molecule has 0 unspecified atom stereocenters. The molecule has 0 atom stereocenters. The van der Waals surface area contributed by atoms with Gasteiger partial charge in [0, 0.05) is 25.7 Å². The average Bonchev–Trinajstić information content (AvgIpc) is 2.96. The summed E-state index contributed by atoms with van der Waals surface area (Å²) in [7, 11) is 3.49. The molecule has 4 nitrogen and oxygen atoms in total. The van der Waals surface area contributed by atoms with Gasteiger partial charge < -0.3 is 18.9 Å². The van der Waals surface area contributed by atoms with Crippen LogP contribution in [0.3, 0.4) is 0 Å². The molecule has 1 aliphatic rings. The van der Waals surface area contributed by atoms with Gasteiger partial charge in [-0.15, -0.1) is 0 Å². The molecule has 0 saturated carbocycles. The summed E-state index contributed by atoms with van der Waals surface area (Å²) in [5.41, 5.74) is 8.86. The Morgan fingerprint density at radius 2 is 0.725 bits per heavy atom. The number of hydrogen-bond acceptors (Lipinski definition) is 4. The van der Waals surface area contributed by atoms with Gasteiger partial charge in [-0.1, -0.05) is 98.1 Å². The topological polar surface area (TPSA) is 36.9 Å². The van der Waals surface area contributed by atoms with Crippen LogP contribution in [0.2, 0.25) is 0 Å². The van der Waals surface area contributed by atoms with Crippen LogP contribution in [0.5, 0.6) is 23.0 Å². The van der Waals surface area contributed by atoms with Crippen molar-refractivity contribution in [2.24, 2.45) is 0 Å².